The lowest BCUT2D eigenvalue weighted by Gasteiger charge is -2.05. The molecule has 1 atom stereocenters. The molecule has 1 aromatic heterocycles. The molecule has 3 heteroatoms. The molecule has 0 fully saturated rings. The van der Waals surface area contributed by atoms with E-state index in [-0.39, 0.29) is 6.04 Å². The van der Waals surface area contributed by atoms with E-state index in [1.165, 1.54) is 15.3 Å². The molecule has 0 saturated heterocycles. The fraction of sp³-hybridized carbons (Fsp3) is 0.500. The number of nitrogens with two attached hydrogens (primary N) is 1. The van der Waals surface area contributed by atoms with Crippen LogP contribution in [0.15, 0.2) is 6.07 Å². The van der Waals surface area contributed by atoms with Crippen molar-refractivity contribution in [3.63, 3.8) is 0 Å². The smallest absolute Gasteiger partial charge is 0.0525 e. The van der Waals surface area contributed by atoms with E-state index in [9.17, 15) is 0 Å². The number of rotatable bonds is 2. The Bertz CT molecular complexity index is 223. The number of nitrogens with one attached hydrogen (secondary N) is 1. The zero-order chi connectivity index (χ0) is 8.43. The van der Waals surface area contributed by atoms with Gasteiger partial charge in [0, 0.05) is 9.75 Å². The van der Waals surface area contributed by atoms with Crippen molar-refractivity contribution in [3.05, 3.63) is 21.4 Å². The third-order valence-electron chi connectivity index (χ3n) is 1.86. The van der Waals surface area contributed by atoms with Crippen LogP contribution >= 0.6 is 11.3 Å². The van der Waals surface area contributed by atoms with Gasteiger partial charge in [0.1, 0.15) is 0 Å². The van der Waals surface area contributed by atoms with Gasteiger partial charge in [-0.15, -0.1) is 11.3 Å². The third-order valence-corrected chi connectivity index (χ3v) is 3.20. The molecule has 0 amide bonds. The highest BCUT2D eigenvalue weighted by molar-refractivity contribution is 7.12. The Hall–Kier alpha value is -0.380. The summed E-state index contributed by atoms with van der Waals surface area (Å²) in [5.74, 6) is 5.32. The fourth-order valence-corrected chi connectivity index (χ4v) is 1.95. The predicted molar refractivity (Wildman–Crippen MR) is 49.5 cm³/mol. The summed E-state index contributed by atoms with van der Waals surface area (Å²) in [6.45, 7) is 6.32. The van der Waals surface area contributed by atoms with Gasteiger partial charge in [0.25, 0.3) is 0 Å². The first kappa shape index (κ1) is 8.71. The highest BCUT2D eigenvalue weighted by Crippen LogP contribution is 2.25. The molecule has 0 saturated carbocycles. The summed E-state index contributed by atoms with van der Waals surface area (Å²) < 4.78 is 0. The lowest BCUT2D eigenvalue weighted by molar-refractivity contribution is 0.612. The summed E-state index contributed by atoms with van der Waals surface area (Å²) in [7, 11) is 0. The third kappa shape index (κ3) is 1.80. The van der Waals surface area contributed by atoms with Crippen molar-refractivity contribution < 1.29 is 0 Å². The maximum absolute atomic E-state index is 5.32. The largest absolute Gasteiger partial charge is 0.271 e. The van der Waals surface area contributed by atoms with Crippen LogP contribution in [0.25, 0.3) is 0 Å². The average Bonchev–Trinajstić information content (AvgIpc) is 2.31. The van der Waals surface area contributed by atoms with Crippen LogP contribution in [0.1, 0.15) is 28.3 Å². The van der Waals surface area contributed by atoms with Gasteiger partial charge in [-0.2, -0.15) is 0 Å². The van der Waals surface area contributed by atoms with Crippen LogP contribution in [0.5, 0.6) is 0 Å². The van der Waals surface area contributed by atoms with E-state index < -0.39 is 0 Å². The monoisotopic (exact) mass is 170 g/mol. The van der Waals surface area contributed by atoms with Gasteiger partial charge in [-0.25, -0.2) is 0 Å². The fourth-order valence-electron chi connectivity index (χ4n) is 0.897. The Kier molecular flexibility index (Phi) is 2.65. The van der Waals surface area contributed by atoms with Crippen molar-refractivity contribution in [2.24, 2.45) is 5.84 Å². The Labute approximate surface area is 71.4 Å². The first-order chi connectivity index (χ1) is 5.15. The molecule has 1 heterocycles. The highest BCUT2D eigenvalue weighted by Gasteiger charge is 2.06. The van der Waals surface area contributed by atoms with Crippen LogP contribution in [-0.2, 0) is 0 Å². The molecule has 11 heavy (non-hydrogen) atoms. The topological polar surface area (TPSA) is 38.0 Å². The minimum Gasteiger partial charge on any atom is -0.271 e. The quantitative estimate of drug-likeness (QED) is 0.525. The zero-order valence-corrected chi connectivity index (χ0v) is 7.96. The molecule has 0 aromatic carbocycles. The van der Waals surface area contributed by atoms with Crippen molar-refractivity contribution in [2.75, 3.05) is 0 Å². The molecule has 0 aliphatic rings. The molecule has 0 aliphatic carbocycles. The van der Waals surface area contributed by atoms with Gasteiger partial charge in [0.2, 0.25) is 0 Å². The van der Waals surface area contributed by atoms with Crippen LogP contribution < -0.4 is 11.3 Å². The second-order valence-corrected chi connectivity index (χ2v) is 4.06. The molecule has 2 nitrogen and oxygen atoms in total. The molecule has 0 bridgehead atoms. The lowest BCUT2D eigenvalue weighted by Crippen LogP contribution is -2.24. The molecule has 1 aromatic rings. The highest BCUT2D eigenvalue weighted by atomic mass is 32.1. The second kappa shape index (κ2) is 3.34. The van der Waals surface area contributed by atoms with E-state index in [0.717, 1.165) is 0 Å². The average molecular weight is 170 g/mol. The molecule has 0 radical (unpaired) electrons. The summed E-state index contributed by atoms with van der Waals surface area (Å²) in [4.78, 5) is 2.68. The van der Waals surface area contributed by atoms with Crippen molar-refractivity contribution in [3.8, 4) is 0 Å². The maximum atomic E-state index is 5.32. The van der Waals surface area contributed by atoms with Crippen LogP contribution in [0.2, 0.25) is 0 Å². The summed E-state index contributed by atoms with van der Waals surface area (Å²) >= 11 is 1.80. The minimum atomic E-state index is 0.271. The van der Waals surface area contributed by atoms with E-state index in [0.29, 0.717) is 0 Å². The number of hydrazine groups is 1. The lowest BCUT2D eigenvalue weighted by atomic mass is 10.2. The van der Waals surface area contributed by atoms with E-state index >= 15 is 0 Å². The van der Waals surface area contributed by atoms with Gasteiger partial charge < -0.3 is 0 Å². The Morgan fingerprint density at radius 2 is 2.18 bits per heavy atom. The van der Waals surface area contributed by atoms with E-state index in [1.807, 2.05) is 0 Å². The minimum absolute atomic E-state index is 0.271. The van der Waals surface area contributed by atoms with Gasteiger partial charge in [-0.05, 0) is 32.4 Å². The van der Waals surface area contributed by atoms with Gasteiger partial charge in [0.05, 0.1) is 6.04 Å². The molecule has 1 rings (SSSR count). The zero-order valence-electron chi connectivity index (χ0n) is 7.14. The first-order valence-electron chi connectivity index (χ1n) is 3.68. The molecule has 0 aliphatic heterocycles. The Balaban J connectivity index is 2.88. The normalized spacial score (nSPS) is 13.5. The molecular weight excluding hydrogens is 156 g/mol. The van der Waals surface area contributed by atoms with Crippen LogP contribution in [-0.4, -0.2) is 0 Å². The van der Waals surface area contributed by atoms with Crippen LogP contribution in [0, 0.1) is 13.8 Å². The van der Waals surface area contributed by atoms with E-state index in [2.05, 4.69) is 32.3 Å². The van der Waals surface area contributed by atoms with Gasteiger partial charge in [-0.1, -0.05) is 0 Å². The van der Waals surface area contributed by atoms with Crippen molar-refractivity contribution in [1.82, 2.24) is 5.43 Å². The van der Waals surface area contributed by atoms with Crippen LogP contribution in [0.4, 0.5) is 0 Å². The van der Waals surface area contributed by atoms with E-state index in [4.69, 9.17) is 5.84 Å². The Morgan fingerprint density at radius 3 is 2.55 bits per heavy atom. The summed E-state index contributed by atoms with van der Waals surface area (Å²) in [5.41, 5.74) is 4.09. The summed E-state index contributed by atoms with van der Waals surface area (Å²) in [6, 6.07) is 2.46. The van der Waals surface area contributed by atoms with Gasteiger partial charge in [0.15, 0.2) is 0 Å². The number of aryl methyl sites for hydroxylation is 2. The first-order valence-corrected chi connectivity index (χ1v) is 4.50. The van der Waals surface area contributed by atoms with Gasteiger partial charge >= 0.3 is 0 Å². The molecule has 62 valence electrons. The maximum Gasteiger partial charge on any atom is 0.0525 e. The molecule has 1 unspecified atom stereocenters. The predicted octanol–water partition coefficient (Wildman–Crippen LogP) is 1.89. The van der Waals surface area contributed by atoms with E-state index in [1.54, 1.807) is 11.3 Å². The van der Waals surface area contributed by atoms with Crippen molar-refractivity contribution >= 4 is 11.3 Å². The molecule has 3 N–H and O–H groups in total. The van der Waals surface area contributed by atoms with Gasteiger partial charge in [-0.3, -0.25) is 11.3 Å². The summed E-state index contributed by atoms with van der Waals surface area (Å²) in [5, 5.41) is 0. The van der Waals surface area contributed by atoms with Crippen LogP contribution in [0.3, 0.4) is 0 Å². The SMILES string of the molecule is Cc1cc(C(C)NN)sc1C. The van der Waals surface area contributed by atoms with Crippen molar-refractivity contribution in [2.45, 2.75) is 26.8 Å². The molecule has 0 spiro atoms. The number of hydrogen-bond donors (Lipinski definition) is 2. The molecular formula is C8H14N2S. The summed E-state index contributed by atoms with van der Waals surface area (Å²) in [6.07, 6.45) is 0. The van der Waals surface area contributed by atoms with Crippen molar-refractivity contribution in [1.29, 1.82) is 0 Å². The number of thiophene rings is 1. The second-order valence-electron chi connectivity index (χ2n) is 2.78. The number of hydrogen-bond acceptors (Lipinski definition) is 3. The standard InChI is InChI=1S/C8H14N2S/c1-5-4-8(6(2)10-9)11-7(5)3/h4,6,10H,9H2,1-3H3. The Morgan fingerprint density at radius 1 is 1.55 bits per heavy atom.